The summed E-state index contributed by atoms with van der Waals surface area (Å²) in [6.07, 6.45) is 3.27. The molecular formula is C18H19ClN6O. The van der Waals surface area contributed by atoms with Gasteiger partial charge in [0.25, 0.3) is 0 Å². The Morgan fingerprint density at radius 3 is 2.69 bits per heavy atom. The van der Waals surface area contributed by atoms with Crippen LogP contribution in [0.15, 0.2) is 53.3 Å². The Labute approximate surface area is 156 Å². The largest absolute Gasteiger partial charge is 0.467 e. The van der Waals surface area contributed by atoms with Gasteiger partial charge in [0.15, 0.2) is 5.82 Å². The molecule has 1 aliphatic rings. The quantitative estimate of drug-likeness (QED) is 0.740. The highest BCUT2D eigenvalue weighted by Crippen LogP contribution is 2.22. The molecule has 1 saturated heterocycles. The number of aromatic nitrogens is 3. The number of anilines is 3. The topological polar surface area (TPSA) is 70.3 Å². The fourth-order valence-electron chi connectivity index (χ4n) is 2.94. The summed E-state index contributed by atoms with van der Waals surface area (Å²) in [5.41, 5.74) is 1.14. The SMILES string of the molecule is Clc1cccc(N2CCN(c3nncc(NCc4ccco4)n3)CC2)c1. The van der Waals surface area contributed by atoms with Gasteiger partial charge in [0, 0.05) is 36.9 Å². The van der Waals surface area contributed by atoms with Crippen molar-refractivity contribution in [3.05, 3.63) is 59.6 Å². The molecule has 8 heteroatoms. The monoisotopic (exact) mass is 370 g/mol. The second-order valence-electron chi connectivity index (χ2n) is 6.03. The normalized spacial score (nSPS) is 14.5. The number of hydrogen-bond donors (Lipinski definition) is 1. The number of nitrogens with one attached hydrogen (secondary N) is 1. The second-order valence-corrected chi connectivity index (χ2v) is 6.46. The van der Waals surface area contributed by atoms with E-state index in [4.69, 9.17) is 16.0 Å². The molecule has 4 rings (SSSR count). The van der Waals surface area contributed by atoms with Crippen LogP contribution in [0.1, 0.15) is 5.76 Å². The van der Waals surface area contributed by atoms with Crippen LogP contribution in [-0.4, -0.2) is 41.4 Å². The predicted octanol–water partition coefficient (Wildman–Crippen LogP) is 3.06. The first kappa shape index (κ1) is 16.7. The van der Waals surface area contributed by atoms with Crippen LogP contribution >= 0.6 is 11.6 Å². The summed E-state index contributed by atoms with van der Waals surface area (Å²) in [7, 11) is 0. The van der Waals surface area contributed by atoms with Gasteiger partial charge in [-0.15, -0.1) is 5.10 Å². The van der Waals surface area contributed by atoms with Crippen molar-refractivity contribution >= 4 is 29.1 Å². The van der Waals surface area contributed by atoms with Crippen molar-refractivity contribution in [1.29, 1.82) is 0 Å². The van der Waals surface area contributed by atoms with Crippen LogP contribution in [0.2, 0.25) is 5.02 Å². The van der Waals surface area contributed by atoms with E-state index in [1.54, 1.807) is 12.5 Å². The molecule has 0 bridgehead atoms. The summed E-state index contributed by atoms with van der Waals surface area (Å²) in [6, 6.07) is 11.7. The van der Waals surface area contributed by atoms with Crippen LogP contribution in [0.4, 0.5) is 17.5 Å². The first-order valence-corrected chi connectivity index (χ1v) is 8.87. The Balaban J connectivity index is 1.37. The van der Waals surface area contributed by atoms with E-state index in [1.165, 1.54) is 0 Å². The molecule has 0 saturated carbocycles. The number of furan rings is 1. The zero-order valence-corrected chi connectivity index (χ0v) is 14.9. The molecule has 26 heavy (non-hydrogen) atoms. The molecule has 0 amide bonds. The van der Waals surface area contributed by atoms with Crippen molar-refractivity contribution in [3.63, 3.8) is 0 Å². The summed E-state index contributed by atoms with van der Waals surface area (Å²) in [5.74, 6) is 2.17. The Morgan fingerprint density at radius 2 is 1.92 bits per heavy atom. The lowest BCUT2D eigenvalue weighted by Crippen LogP contribution is -2.47. The fraction of sp³-hybridized carbons (Fsp3) is 0.278. The molecule has 7 nitrogen and oxygen atoms in total. The molecular weight excluding hydrogens is 352 g/mol. The molecule has 1 aromatic carbocycles. The number of piperazine rings is 1. The van der Waals surface area contributed by atoms with Gasteiger partial charge in [-0.2, -0.15) is 10.1 Å². The maximum atomic E-state index is 6.09. The predicted molar refractivity (Wildman–Crippen MR) is 102 cm³/mol. The van der Waals surface area contributed by atoms with Crippen LogP contribution in [0, 0.1) is 0 Å². The van der Waals surface area contributed by atoms with Gasteiger partial charge >= 0.3 is 0 Å². The summed E-state index contributed by atoms with van der Waals surface area (Å²) in [4.78, 5) is 9.03. The highest BCUT2D eigenvalue weighted by atomic mass is 35.5. The van der Waals surface area contributed by atoms with E-state index < -0.39 is 0 Å². The Kier molecular flexibility index (Phi) is 4.88. The maximum Gasteiger partial charge on any atom is 0.247 e. The van der Waals surface area contributed by atoms with Crippen LogP contribution in [0.25, 0.3) is 0 Å². The van der Waals surface area contributed by atoms with E-state index in [1.807, 2.05) is 30.3 Å². The minimum atomic E-state index is 0.563. The number of benzene rings is 1. The van der Waals surface area contributed by atoms with E-state index in [9.17, 15) is 0 Å². The van der Waals surface area contributed by atoms with Gasteiger partial charge in [-0.3, -0.25) is 0 Å². The standard InChI is InChI=1S/C18H19ClN6O/c19-14-3-1-4-15(11-14)24-6-8-25(9-7-24)18-22-17(13-21-23-18)20-12-16-5-2-10-26-16/h1-5,10-11,13H,6-9,12H2,(H,20,22,23). The van der Waals surface area contributed by atoms with Crippen molar-refractivity contribution < 1.29 is 4.42 Å². The first-order chi connectivity index (χ1) is 12.8. The summed E-state index contributed by atoms with van der Waals surface area (Å²) in [6.45, 7) is 3.99. The van der Waals surface area contributed by atoms with Gasteiger partial charge in [0.05, 0.1) is 19.0 Å². The maximum absolute atomic E-state index is 6.09. The lowest BCUT2D eigenvalue weighted by Gasteiger charge is -2.36. The Hall–Kier alpha value is -2.80. The van der Waals surface area contributed by atoms with Crippen molar-refractivity contribution in [2.75, 3.05) is 41.3 Å². The van der Waals surface area contributed by atoms with Crippen LogP contribution in [0.5, 0.6) is 0 Å². The third-order valence-corrected chi connectivity index (χ3v) is 4.54. The van der Waals surface area contributed by atoms with Gasteiger partial charge < -0.3 is 19.5 Å². The van der Waals surface area contributed by atoms with E-state index in [2.05, 4.69) is 36.4 Å². The van der Waals surface area contributed by atoms with E-state index in [0.717, 1.165) is 42.6 Å². The van der Waals surface area contributed by atoms with Crippen molar-refractivity contribution in [2.45, 2.75) is 6.54 Å². The van der Waals surface area contributed by atoms with Crippen LogP contribution in [0.3, 0.4) is 0 Å². The van der Waals surface area contributed by atoms with Gasteiger partial charge in [-0.05, 0) is 30.3 Å². The van der Waals surface area contributed by atoms with Gasteiger partial charge in [0.1, 0.15) is 5.76 Å². The van der Waals surface area contributed by atoms with E-state index in [0.29, 0.717) is 18.3 Å². The molecule has 3 heterocycles. The average molecular weight is 371 g/mol. The van der Waals surface area contributed by atoms with Gasteiger partial charge in [-0.25, -0.2) is 0 Å². The lowest BCUT2D eigenvalue weighted by atomic mass is 10.2. The van der Waals surface area contributed by atoms with Gasteiger partial charge in [0.2, 0.25) is 5.95 Å². The summed E-state index contributed by atoms with van der Waals surface area (Å²) in [5, 5.41) is 12.2. The highest BCUT2D eigenvalue weighted by Gasteiger charge is 2.20. The third kappa shape index (κ3) is 3.88. The number of hydrogen-bond acceptors (Lipinski definition) is 7. The number of nitrogens with zero attached hydrogens (tertiary/aromatic N) is 5. The van der Waals surface area contributed by atoms with Crippen molar-refractivity contribution in [2.24, 2.45) is 0 Å². The Bertz CT molecular complexity index is 848. The van der Waals surface area contributed by atoms with Gasteiger partial charge in [-0.1, -0.05) is 17.7 Å². The third-order valence-electron chi connectivity index (χ3n) is 4.31. The first-order valence-electron chi connectivity index (χ1n) is 8.49. The Morgan fingerprint density at radius 1 is 1.08 bits per heavy atom. The molecule has 0 unspecified atom stereocenters. The molecule has 1 fully saturated rings. The molecule has 0 atom stereocenters. The van der Waals surface area contributed by atoms with E-state index >= 15 is 0 Å². The highest BCUT2D eigenvalue weighted by molar-refractivity contribution is 6.30. The van der Waals surface area contributed by atoms with Crippen LogP contribution in [-0.2, 0) is 6.54 Å². The number of rotatable bonds is 5. The van der Waals surface area contributed by atoms with E-state index in [-0.39, 0.29) is 0 Å². The zero-order chi connectivity index (χ0) is 17.8. The number of halogens is 1. The summed E-state index contributed by atoms with van der Waals surface area (Å²) < 4.78 is 5.31. The minimum absolute atomic E-state index is 0.563. The minimum Gasteiger partial charge on any atom is -0.467 e. The molecule has 1 N–H and O–H groups in total. The molecule has 3 aromatic rings. The smallest absolute Gasteiger partial charge is 0.247 e. The molecule has 0 radical (unpaired) electrons. The zero-order valence-electron chi connectivity index (χ0n) is 14.2. The molecule has 0 aliphatic carbocycles. The summed E-state index contributed by atoms with van der Waals surface area (Å²) >= 11 is 6.09. The second kappa shape index (κ2) is 7.61. The average Bonchev–Trinajstić information content (AvgIpc) is 3.20. The molecule has 1 aliphatic heterocycles. The molecule has 0 spiro atoms. The van der Waals surface area contributed by atoms with Crippen molar-refractivity contribution in [1.82, 2.24) is 15.2 Å². The lowest BCUT2D eigenvalue weighted by molar-refractivity contribution is 0.517. The molecule has 134 valence electrons. The molecule has 2 aromatic heterocycles. The van der Waals surface area contributed by atoms with Crippen LogP contribution < -0.4 is 15.1 Å². The van der Waals surface area contributed by atoms with Crippen molar-refractivity contribution in [3.8, 4) is 0 Å². The fourth-order valence-corrected chi connectivity index (χ4v) is 3.13.